The molecule has 12 heteroatoms. The van der Waals surface area contributed by atoms with Crippen molar-refractivity contribution in [3.63, 3.8) is 0 Å². The largest absolute Gasteiger partial charge is 0.486 e. The van der Waals surface area contributed by atoms with E-state index in [-0.39, 0.29) is 5.69 Å². The number of nitrogens with one attached hydrogen (secondary N) is 1. The normalized spacial score (nSPS) is 15.5. The zero-order valence-corrected chi connectivity index (χ0v) is 19.5. The van der Waals surface area contributed by atoms with E-state index >= 15 is 0 Å². The van der Waals surface area contributed by atoms with Gasteiger partial charge in [0.1, 0.15) is 19.3 Å². The van der Waals surface area contributed by atoms with Crippen LogP contribution in [0.15, 0.2) is 36.4 Å². The molecular weight excluding hydrogens is 485 g/mol. The maximum Gasteiger partial charge on any atom is 0.417 e. The van der Waals surface area contributed by atoms with Gasteiger partial charge in [-0.2, -0.15) is 13.2 Å². The van der Waals surface area contributed by atoms with Crippen LogP contribution in [0.4, 0.5) is 18.9 Å². The van der Waals surface area contributed by atoms with Crippen molar-refractivity contribution in [1.82, 2.24) is 5.32 Å². The number of sulfonamides is 1. The van der Waals surface area contributed by atoms with Crippen molar-refractivity contribution in [3.05, 3.63) is 52.5 Å². The van der Waals surface area contributed by atoms with E-state index in [1.807, 2.05) is 0 Å². The van der Waals surface area contributed by atoms with E-state index in [1.54, 1.807) is 25.1 Å². The Hall–Kier alpha value is -2.66. The predicted molar refractivity (Wildman–Crippen MR) is 117 cm³/mol. The van der Waals surface area contributed by atoms with Crippen LogP contribution >= 0.6 is 11.6 Å². The summed E-state index contributed by atoms with van der Waals surface area (Å²) in [7, 11) is -4.12. The highest BCUT2D eigenvalue weighted by molar-refractivity contribution is 7.92. The number of carbonyl (C=O) groups is 1. The van der Waals surface area contributed by atoms with E-state index in [2.05, 4.69) is 5.32 Å². The van der Waals surface area contributed by atoms with Crippen LogP contribution in [0.25, 0.3) is 0 Å². The first-order chi connectivity index (χ1) is 15.3. The second kappa shape index (κ2) is 9.30. The number of halogens is 4. The monoisotopic (exact) mass is 506 g/mol. The third-order valence-corrected chi connectivity index (χ3v) is 6.59. The molecule has 2 aromatic rings. The van der Waals surface area contributed by atoms with Gasteiger partial charge in [0.2, 0.25) is 15.9 Å². The van der Waals surface area contributed by atoms with Crippen molar-refractivity contribution < 1.29 is 35.9 Å². The summed E-state index contributed by atoms with van der Waals surface area (Å²) in [6, 6.07) is 5.91. The van der Waals surface area contributed by atoms with Gasteiger partial charge in [-0.1, -0.05) is 17.7 Å². The lowest BCUT2D eigenvalue weighted by molar-refractivity contribution is -0.137. The number of hydrogen-bond acceptors (Lipinski definition) is 5. The Morgan fingerprint density at radius 2 is 1.73 bits per heavy atom. The molecule has 0 saturated carbocycles. The van der Waals surface area contributed by atoms with E-state index in [1.165, 1.54) is 6.92 Å². The van der Waals surface area contributed by atoms with Gasteiger partial charge in [-0.15, -0.1) is 0 Å². The van der Waals surface area contributed by atoms with Gasteiger partial charge in [0.05, 0.1) is 28.6 Å². The van der Waals surface area contributed by atoms with Crippen LogP contribution in [0.1, 0.15) is 31.0 Å². The third kappa shape index (κ3) is 5.64. The van der Waals surface area contributed by atoms with E-state index in [0.29, 0.717) is 40.6 Å². The number of anilines is 1. The molecule has 180 valence electrons. The van der Waals surface area contributed by atoms with Crippen molar-refractivity contribution in [2.45, 2.75) is 32.1 Å². The molecular formula is C21H22ClF3N2O5S. The molecule has 0 saturated heterocycles. The van der Waals surface area contributed by atoms with Crippen molar-refractivity contribution in [2.75, 3.05) is 23.8 Å². The van der Waals surface area contributed by atoms with Gasteiger partial charge < -0.3 is 14.8 Å². The summed E-state index contributed by atoms with van der Waals surface area (Å²) in [6.07, 6.45) is -3.99. The minimum absolute atomic E-state index is 0.330. The molecule has 1 aliphatic rings. The Kier molecular flexibility index (Phi) is 7.04. The number of alkyl halides is 3. The van der Waals surface area contributed by atoms with E-state index in [0.717, 1.165) is 18.4 Å². The third-order valence-electron chi connectivity index (χ3n) is 5.02. The van der Waals surface area contributed by atoms with Crippen LogP contribution in [0.2, 0.25) is 5.02 Å². The van der Waals surface area contributed by atoms with Crippen molar-refractivity contribution in [1.29, 1.82) is 0 Å². The molecule has 3 rings (SSSR count). The van der Waals surface area contributed by atoms with Crippen LogP contribution in [0.5, 0.6) is 11.5 Å². The zero-order chi connectivity index (χ0) is 24.6. The molecule has 0 bridgehead atoms. The lowest BCUT2D eigenvalue weighted by Crippen LogP contribution is -2.48. The first kappa shape index (κ1) is 25.0. The number of hydrogen-bond donors (Lipinski definition) is 1. The predicted octanol–water partition coefficient (Wildman–Crippen LogP) is 4.16. The topological polar surface area (TPSA) is 84.9 Å². The lowest BCUT2D eigenvalue weighted by atomic mass is 10.1. The summed E-state index contributed by atoms with van der Waals surface area (Å²) in [5.41, 5.74) is -0.854. The first-order valence-corrected chi connectivity index (χ1v) is 12.1. The number of amides is 1. The first-order valence-electron chi connectivity index (χ1n) is 9.85. The summed E-state index contributed by atoms with van der Waals surface area (Å²) < 4.78 is 76.3. The molecule has 0 aliphatic carbocycles. The SMILES string of the molecule is C[C@@H](NC(=O)[C@H](C)N(c1ccc(Cl)c(C(F)(F)F)c1)S(C)(=O)=O)c1ccc2c(c1)OCCO2. The molecule has 33 heavy (non-hydrogen) atoms. The second-order valence-electron chi connectivity index (χ2n) is 7.53. The number of fused-ring (bicyclic) bond motifs is 1. The van der Waals surface area contributed by atoms with Crippen LogP contribution < -0.4 is 19.1 Å². The molecule has 1 N–H and O–H groups in total. The standard InChI is InChI=1S/C21H22ClF3N2O5S/c1-12(14-4-7-18-19(10-14)32-9-8-31-18)26-20(28)13(2)27(33(3,29)30)15-5-6-17(22)16(11-15)21(23,24)25/h4-7,10-13H,8-9H2,1-3H3,(H,26,28)/t12-,13+/m1/s1. The van der Waals surface area contributed by atoms with E-state index in [9.17, 15) is 26.4 Å². The number of nitrogens with zero attached hydrogens (tertiary/aromatic N) is 1. The molecule has 0 fully saturated rings. The van der Waals surface area contributed by atoms with Crippen LogP contribution in [-0.4, -0.2) is 39.8 Å². The van der Waals surface area contributed by atoms with Gasteiger partial charge in [-0.3, -0.25) is 9.10 Å². The Morgan fingerprint density at radius 3 is 2.33 bits per heavy atom. The highest BCUT2D eigenvalue weighted by Crippen LogP contribution is 2.38. The molecule has 0 radical (unpaired) electrons. The highest BCUT2D eigenvalue weighted by Gasteiger charge is 2.36. The Balaban J connectivity index is 1.86. The van der Waals surface area contributed by atoms with Crippen LogP contribution in [-0.2, 0) is 21.0 Å². The number of rotatable bonds is 6. The van der Waals surface area contributed by atoms with Gasteiger partial charge in [-0.05, 0) is 49.7 Å². The summed E-state index contributed by atoms with van der Waals surface area (Å²) in [5, 5.41) is 2.11. The van der Waals surface area contributed by atoms with E-state index in [4.69, 9.17) is 21.1 Å². The molecule has 0 spiro atoms. The molecule has 1 heterocycles. The molecule has 1 aliphatic heterocycles. The quantitative estimate of drug-likeness (QED) is 0.636. The van der Waals surface area contributed by atoms with Gasteiger partial charge in [-0.25, -0.2) is 8.42 Å². The smallest absolute Gasteiger partial charge is 0.417 e. The summed E-state index contributed by atoms with van der Waals surface area (Å²) >= 11 is 5.64. The number of carbonyl (C=O) groups excluding carboxylic acids is 1. The molecule has 7 nitrogen and oxygen atoms in total. The zero-order valence-electron chi connectivity index (χ0n) is 17.9. The number of benzene rings is 2. The maximum atomic E-state index is 13.3. The summed E-state index contributed by atoms with van der Waals surface area (Å²) in [4.78, 5) is 12.9. The fraction of sp³-hybridized carbons (Fsp3) is 0.381. The average molecular weight is 507 g/mol. The minimum Gasteiger partial charge on any atom is -0.486 e. The summed E-state index contributed by atoms with van der Waals surface area (Å²) in [5.74, 6) is 0.390. The average Bonchev–Trinajstić information content (AvgIpc) is 2.72. The fourth-order valence-electron chi connectivity index (χ4n) is 3.42. The van der Waals surface area contributed by atoms with Crippen molar-refractivity contribution in [2.24, 2.45) is 0 Å². The van der Waals surface area contributed by atoms with Crippen LogP contribution in [0, 0.1) is 0 Å². The van der Waals surface area contributed by atoms with Gasteiger partial charge in [0.15, 0.2) is 11.5 Å². The molecule has 0 aromatic heterocycles. The summed E-state index contributed by atoms with van der Waals surface area (Å²) in [6.45, 7) is 3.79. The Labute approximate surface area is 194 Å². The molecule has 2 aromatic carbocycles. The van der Waals surface area contributed by atoms with Crippen LogP contribution in [0.3, 0.4) is 0 Å². The molecule has 0 unspecified atom stereocenters. The molecule has 1 amide bonds. The lowest BCUT2D eigenvalue weighted by Gasteiger charge is -2.30. The van der Waals surface area contributed by atoms with Crippen molar-refractivity contribution in [3.8, 4) is 11.5 Å². The van der Waals surface area contributed by atoms with Gasteiger partial charge in [0, 0.05) is 0 Å². The second-order valence-corrected chi connectivity index (χ2v) is 9.80. The van der Waals surface area contributed by atoms with Gasteiger partial charge >= 0.3 is 6.18 Å². The number of ether oxygens (including phenoxy) is 2. The Morgan fingerprint density at radius 1 is 1.09 bits per heavy atom. The highest BCUT2D eigenvalue weighted by atomic mass is 35.5. The molecule has 2 atom stereocenters. The minimum atomic E-state index is -4.80. The van der Waals surface area contributed by atoms with Crippen molar-refractivity contribution >= 4 is 33.2 Å². The van der Waals surface area contributed by atoms with E-state index < -0.39 is 44.8 Å². The fourth-order valence-corrected chi connectivity index (χ4v) is 4.81. The maximum absolute atomic E-state index is 13.3. The van der Waals surface area contributed by atoms with Gasteiger partial charge in [0.25, 0.3) is 0 Å². The Bertz CT molecular complexity index is 1160.